The number of piperidine rings is 1. The Morgan fingerprint density at radius 2 is 1.72 bits per heavy atom. The predicted octanol–water partition coefficient (Wildman–Crippen LogP) is 4.52. The minimum atomic E-state index is 0.306. The predicted molar refractivity (Wildman–Crippen MR) is 140 cm³/mol. The third kappa shape index (κ3) is 5.01. The van der Waals surface area contributed by atoms with Crippen LogP contribution in [0.1, 0.15) is 38.2 Å². The topological polar surface area (TPSA) is 52.0 Å². The molecule has 3 aliphatic heterocycles. The van der Waals surface area contributed by atoms with E-state index in [0.29, 0.717) is 18.8 Å². The molecule has 7 nitrogen and oxygen atoms in total. The number of morpholine rings is 1. The summed E-state index contributed by atoms with van der Waals surface area (Å²) in [5, 5.41) is 0. The molecule has 0 aliphatic carbocycles. The maximum atomic E-state index is 6.29. The largest absolute Gasteiger partial charge is 0.490 e. The van der Waals surface area contributed by atoms with Gasteiger partial charge in [0.15, 0.2) is 5.82 Å². The van der Waals surface area contributed by atoms with E-state index in [4.69, 9.17) is 19.2 Å². The Labute approximate surface area is 213 Å². The van der Waals surface area contributed by atoms with Crippen molar-refractivity contribution in [3.63, 3.8) is 0 Å². The van der Waals surface area contributed by atoms with Crippen molar-refractivity contribution in [2.24, 2.45) is 0 Å². The van der Waals surface area contributed by atoms with Gasteiger partial charge in [0.25, 0.3) is 0 Å². The average Bonchev–Trinajstić information content (AvgIpc) is 3.32. The van der Waals surface area contributed by atoms with E-state index >= 15 is 0 Å². The van der Waals surface area contributed by atoms with Gasteiger partial charge in [-0.2, -0.15) is 0 Å². The van der Waals surface area contributed by atoms with Gasteiger partial charge in [-0.3, -0.25) is 9.47 Å². The zero-order chi connectivity index (χ0) is 24.5. The summed E-state index contributed by atoms with van der Waals surface area (Å²) in [4.78, 5) is 9.75. The molecule has 0 spiro atoms. The number of ether oxygens (including phenoxy) is 3. The first-order valence-electron chi connectivity index (χ1n) is 13.3. The SMILES string of the molecule is CC(C)N1CCC(Oc2ccc(-c3ccc4c(c3)OCc3nc(CN5CCOCC5)cn3-4)cc2)CC1. The van der Waals surface area contributed by atoms with Crippen molar-refractivity contribution in [1.82, 2.24) is 19.4 Å². The molecule has 0 atom stereocenters. The van der Waals surface area contributed by atoms with E-state index in [9.17, 15) is 0 Å². The lowest BCUT2D eigenvalue weighted by molar-refractivity contribution is 0.0337. The molecule has 0 saturated carbocycles. The highest BCUT2D eigenvalue weighted by Crippen LogP contribution is 2.35. The van der Waals surface area contributed by atoms with Gasteiger partial charge in [-0.1, -0.05) is 18.2 Å². The van der Waals surface area contributed by atoms with Crippen molar-refractivity contribution in [2.45, 2.75) is 52.0 Å². The second-order valence-corrected chi connectivity index (χ2v) is 10.3. The number of aromatic nitrogens is 2. The molecule has 3 aromatic rings. The highest BCUT2D eigenvalue weighted by molar-refractivity contribution is 5.69. The van der Waals surface area contributed by atoms with Gasteiger partial charge in [-0.25, -0.2) is 4.98 Å². The number of hydrogen-bond donors (Lipinski definition) is 0. The molecule has 36 heavy (non-hydrogen) atoms. The minimum Gasteiger partial charge on any atom is -0.490 e. The van der Waals surface area contributed by atoms with Crippen LogP contribution in [0, 0.1) is 0 Å². The fraction of sp³-hybridized carbons (Fsp3) is 0.483. The van der Waals surface area contributed by atoms with Gasteiger partial charge in [0, 0.05) is 45.0 Å². The summed E-state index contributed by atoms with van der Waals surface area (Å²) in [6.07, 6.45) is 4.64. The molecule has 2 saturated heterocycles. The zero-order valence-electron chi connectivity index (χ0n) is 21.4. The Morgan fingerprint density at radius 3 is 2.47 bits per heavy atom. The number of imidazole rings is 1. The summed E-state index contributed by atoms with van der Waals surface area (Å²) in [5.74, 6) is 2.80. The Hall–Kier alpha value is -2.87. The summed E-state index contributed by atoms with van der Waals surface area (Å²) in [7, 11) is 0. The number of rotatable bonds is 6. The molecule has 2 aromatic carbocycles. The summed E-state index contributed by atoms with van der Waals surface area (Å²) in [6, 6.07) is 15.5. The van der Waals surface area contributed by atoms with Crippen molar-refractivity contribution in [1.29, 1.82) is 0 Å². The van der Waals surface area contributed by atoms with Gasteiger partial charge in [-0.05, 0) is 62.1 Å². The second-order valence-electron chi connectivity index (χ2n) is 10.3. The maximum absolute atomic E-state index is 6.29. The summed E-state index contributed by atoms with van der Waals surface area (Å²) < 4.78 is 20.1. The third-order valence-corrected chi connectivity index (χ3v) is 7.59. The number of fused-ring (bicyclic) bond motifs is 3. The van der Waals surface area contributed by atoms with Crippen LogP contribution < -0.4 is 9.47 Å². The summed E-state index contributed by atoms with van der Waals surface area (Å²) >= 11 is 0. The zero-order valence-corrected chi connectivity index (χ0v) is 21.4. The average molecular weight is 489 g/mol. The lowest BCUT2D eigenvalue weighted by Gasteiger charge is -2.34. The van der Waals surface area contributed by atoms with E-state index in [1.807, 2.05) is 0 Å². The van der Waals surface area contributed by atoms with Crippen LogP contribution in [-0.2, 0) is 17.9 Å². The molecule has 0 amide bonds. The molecule has 190 valence electrons. The fourth-order valence-electron chi connectivity index (χ4n) is 5.43. The van der Waals surface area contributed by atoms with Gasteiger partial charge in [0.05, 0.1) is 24.6 Å². The lowest BCUT2D eigenvalue weighted by atomic mass is 10.0. The Bertz CT molecular complexity index is 1180. The summed E-state index contributed by atoms with van der Waals surface area (Å²) in [6.45, 7) is 11.6. The van der Waals surface area contributed by atoms with Crippen molar-refractivity contribution in [3.8, 4) is 28.3 Å². The van der Waals surface area contributed by atoms with Crippen molar-refractivity contribution in [2.75, 3.05) is 39.4 Å². The molecule has 3 aliphatic rings. The molecule has 0 radical (unpaired) electrons. The van der Waals surface area contributed by atoms with Gasteiger partial charge in [-0.15, -0.1) is 0 Å². The second kappa shape index (κ2) is 10.2. The van der Waals surface area contributed by atoms with Crippen LogP contribution in [-0.4, -0.2) is 70.9 Å². The van der Waals surface area contributed by atoms with E-state index in [-0.39, 0.29) is 0 Å². The van der Waals surface area contributed by atoms with Crippen LogP contribution in [0.4, 0.5) is 0 Å². The van der Waals surface area contributed by atoms with Crippen LogP contribution in [0.3, 0.4) is 0 Å². The normalized spacial score (nSPS) is 19.1. The van der Waals surface area contributed by atoms with E-state index in [1.165, 1.54) is 0 Å². The van der Waals surface area contributed by atoms with Gasteiger partial charge >= 0.3 is 0 Å². The first kappa shape index (κ1) is 23.5. The maximum Gasteiger partial charge on any atom is 0.151 e. The molecular weight excluding hydrogens is 452 g/mol. The Balaban J connectivity index is 1.12. The van der Waals surface area contributed by atoms with Crippen LogP contribution in [0.5, 0.6) is 11.5 Å². The number of nitrogens with zero attached hydrogens (tertiary/aromatic N) is 4. The first-order valence-corrected chi connectivity index (χ1v) is 13.3. The van der Waals surface area contributed by atoms with Crippen LogP contribution >= 0.6 is 0 Å². The molecule has 6 rings (SSSR count). The van der Waals surface area contributed by atoms with Crippen LogP contribution in [0.2, 0.25) is 0 Å². The monoisotopic (exact) mass is 488 g/mol. The van der Waals surface area contributed by atoms with E-state index in [0.717, 1.165) is 98.6 Å². The number of likely N-dealkylation sites (tertiary alicyclic amines) is 1. The Kier molecular flexibility index (Phi) is 6.69. The van der Waals surface area contributed by atoms with E-state index < -0.39 is 0 Å². The summed E-state index contributed by atoms with van der Waals surface area (Å²) in [5.41, 5.74) is 4.43. The molecule has 0 N–H and O–H groups in total. The highest BCUT2D eigenvalue weighted by atomic mass is 16.5. The quantitative estimate of drug-likeness (QED) is 0.509. The molecular formula is C29H36N4O3. The standard InChI is InChI=1S/C29H36N4O3/c1-21(2)32-11-9-26(10-12-32)36-25-6-3-22(4-7-25)23-5-8-27-28(17-23)35-20-29-30-24(19-33(27)29)18-31-13-15-34-16-14-31/h3-8,17,19,21,26H,9-16,18,20H2,1-2H3. The van der Waals surface area contributed by atoms with Gasteiger partial charge in [0.1, 0.15) is 24.2 Å². The minimum absolute atomic E-state index is 0.306. The Morgan fingerprint density at radius 1 is 0.972 bits per heavy atom. The van der Waals surface area contributed by atoms with E-state index in [1.54, 1.807) is 0 Å². The molecule has 4 heterocycles. The first-order chi connectivity index (χ1) is 17.6. The molecule has 1 aromatic heterocycles. The van der Waals surface area contributed by atoms with Crippen molar-refractivity contribution in [3.05, 3.63) is 60.2 Å². The van der Waals surface area contributed by atoms with Gasteiger partial charge < -0.3 is 19.1 Å². The third-order valence-electron chi connectivity index (χ3n) is 7.59. The van der Waals surface area contributed by atoms with Gasteiger partial charge in [0.2, 0.25) is 0 Å². The number of benzene rings is 2. The number of hydrogen-bond acceptors (Lipinski definition) is 6. The molecule has 0 bridgehead atoms. The smallest absolute Gasteiger partial charge is 0.151 e. The van der Waals surface area contributed by atoms with E-state index in [2.05, 4.69) is 76.9 Å². The van der Waals surface area contributed by atoms with Crippen molar-refractivity contribution >= 4 is 0 Å². The molecule has 0 unspecified atom stereocenters. The van der Waals surface area contributed by atoms with Crippen LogP contribution in [0.25, 0.3) is 16.8 Å². The van der Waals surface area contributed by atoms with Crippen LogP contribution in [0.15, 0.2) is 48.7 Å². The fourth-order valence-corrected chi connectivity index (χ4v) is 5.43. The molecule has 7 heteroatoms. The van der Waals surface area contributed by atoms with Crippen molar-refractivity contribution < 1.29 is 14.2 Å². The highest BCUT2D eigenvalue weighted by Gasteiger charge is 2.23. The lowest BCUT2D eigenvalue weighted by Crippen LogP contribution is -2.41. The molecule has 2 fully saturated rings.